The van der Waals surface area contributed by atoms with E-state index < -0.39 is 108 Å². The minimum Gasteiger partial charge on any atom is -0.395 e. The molecule has 17 atom stereocenters. The van der Waals surface area contributed by atoms with E-state index >= 15 is 0 Å². The van der Waals surface area contributed by atoms with E-state index in [9.17, 15) is 40.5 Å². The van der Waals surface area contributed by atoms with Crippen LogP contribution in [0.1, 0.15) is 19.8 Å². The first kappa shape index (κ1) is 35.7. The van der Waals surface area contributed by atoms with E-state index in [2.05, 4.69) is 16.0 Å². The van der Waals surface area contributed by atoms with E-state index in [0.29, 0.717) is 0 Å². The fourth-order valence-electron chi connectivity index (χ4n) is 6.54. The first-order valence-electron chi connectivity index (χ1n) is 14.9. The molecule has 2 saturated carbocycles. The molecule has 44 heavy (non-hydrogen) atoms. The van der Waals surface area contributed by atoms with Crippen LogP contribution in [0.4, 0.5) is 0 Å². The number of aliphatic hydroxyl groups excluding tert-OH is 6. The highest BCUT2D eigenvalue weighted by molar-refractivity contribution is 5.89. The zero-order valence-corrected chi connectivity index (χ0v) is 24.8. The molecule has 2 saturated heterocycles. The predicted molar refractivity (Wildman–Crippen MR) is 150 cm³/mol. The molecule has 0 spiro atoms. The molecule has 17 unspecified atom stereocenters. The monoisotopic (exact) mass is 638 g/mol. The third-order valence-corrected chi connectivity index (χ3v) is 9.39. The molecule has 256 valence electrons. The summed E-state index contributed by atoms with van der Waals surface area (Å²) in [5.41, 5.74) is 14.7. The molecule has 4 aliphatic rings. The maximum Gasteiger partial charge on any atom is 0.253 e. The van der Waals surface area contributed by atoms with Gasteiger partial charge in [0, 0.05) is 43.6 Å². The first-order valence-corrected chi connectivity index (χ1v) is 14.9. The Morgan fingerprint density at radius 3 is 2.32 bits per heavy atom. The van der Waals surface area contributed by atoms with E-state index in [0.717, 1.165) is 0 Å². The Morgan fingerprint density at radius 2 is 1.73 bits per heavy atom. The van der Waals surface area contributed by atoms with Gasteiger partial charge in [0.2, 0.25) is 0 Å². The third kappa shape index (κ3) is 7.05. The molecule has 0 aromatic carbocycles. The van der Waals surface area contributed by atoms with Gasteiger partial charge in [0.25, 0.3) is 5.91 Å². The molecule has 0 aromatic heterocycles. The number of amides is 1. The van der Waals surface area contributed by atoms with Crippen molar-refractivity contribution < 1.29 is 59.9 Å². The van der Waals surface area contributed by atoms with Gasteiger partial charge in [0.1, 0.15) is 36.1 Å². The maximum atomic E-state index is 12.9. The Hall–Kier alpha value is -1.17. The molecule has 18 heteroatoms. The highest BCUT2D eigenvalue weighted by Gasteiger charge is 2.60. The van der Waals surface area contributed by atoms with Crippen molar-refractivity contribution in [3.05, 3.63) is 0 Å². The van der Waals surface area contributed by atoms with Crippen LogP contribution in [0, 0.1) is 5.92 Å². The van der Waals surface area contributed by atoms with Crippen LogP contribution in [0.2, 0.25) is 0 Å². The van der Waals surface area contributed by atoms with Crippen molar-refractivity contribution in [2.45, 2.75) is 116 Å². The van der Waals surface area contributed by atoms with Crippen LogP contribution in [0.15, 0.2) is 0 Å². The number of hydrogen-bond acceptors (Lipinski definition) is 17. The first-order chi connectivity index (χ1) is 20.6. The van der Waals surface area contributed by atoms with Crippen molar-refractivity contribution in [2.75, 3.05) is 33.4 Å². The molecular formula is C26H50N6O12. The van der Waals surface area contributed by atoms with Crippen LogP contribution in [0.3, 0.4) is 0 Å². The predicted octanol–water partition coefficient (Wildman–Crippen LogP) is -8.16. The van der Waals surface area contributed by atoms with Crippen LogP contribution >= 0.6 is 0 Å². The summed E-state index contributed by atoms with van der Waals surface area (Å²) in [6.45, 7) is 1.06. The summed E-state index contributed by atoms with van der Waals surface area (Å²) >= 11 is 0. The quantitative estimate of drug-likeness (QED) is 0.0998. The number of carbonyl (C=O) groups is 1. The molecule has 17 N–H and O–H groups in total. The van der Waals surface area contributed by atoms with Gasteiger partial charge >= 0.3 is 0 Å². The minimum atomic E-state index is -1.81. The smallest absolute Gasteiger partial charge is 0.253 e. The lowest BCUT2D eigenvalue weighted by Gasteiger charge is -2.52. The van der Waals surface area contributed by atoms with Gasteiger partial charge < -0.3 is 88.2 Å². The standard InChI is InChI=1S/C26H50N6O12/c1-25(40)8-42-23(19(38)22(25)30-2)44-20-11(32-24(39)26(41)4-13(26)29)3-10(28)14(16(20)35)21-18(37)17(36)15(34)12(43-21)6-31-5-9(27)7-33/h9-23,30-31,33-38,40-41H,3-8,27-29H2,1-2H3,(H,32,39). The van der Waals surface area contributed by atoms with Crippen LogP contribution < -0.4 is 33.2 Å². The number of rotatable bonds is 11. The van der Waals surface area contributed by atoms with Gasteiger partial charge in [-0.2, -0.15) is 0 Å². The van der Waals surface area contributed by atoms with Crippen LogP contribution in [-0.4, -0.2) is 177 Å². The zero-order chi connectivity index (χ0) is 32.7. The number of nitrogens with one attached hydrogen (secondary N) is 3. The Balaban J connectivity index is 1.58. The average molecular weight is 639 g/mol. The minimum absolute atomic E-state index is 0.0264. The molecule has 0 radical (unpaired) electrons. The molecule has 1 amide bonds. The number of carbonyl (C=O) groups excluding carboxylic acids is 1. The van der Waals surface area contributed by atoms with E-state index in [1.165, 1.54) is 14.0 Å². The molecular weight excluding hydrogens is 588 g/mol. The highest BCUT2D eigenvalue weighted by Crippen LogP contribution is 2.39. The van der Waals surface area contributed by atoms with Crippen molar-refractivity contribution in [1.29, 1.82) is 0 Å². The van der Waals surface area contributed by atoms with Crippen LogP contribution in [0.25, 0.3) is 0 Å². The molecule has 2 aliphatic heterocycles. The van der Waals surface area contributed by atoms with Gasteiger partial charge in [-0.3, -0.25) is 4.79 Å². The Morgan fingerprint density at radius 1 is 1.07 bits per heavy atom. The normalized spacial score (nSPS) is 50.2. The van der Waals surface area contributed by atoms with E-state index in [-0.39, 0.29) is 39.1 Å². The van der Waals surface area contributed by atoms with Gasteiger partial charge in [0.05, 0.1) is 43.6 Å². The van der Waals surface area contributed by atoms with Crippen molar-refractivity contribution in [3.63, 3.8) is 0 Å². The second-order valence-corrected chi connectivity index (χ2v) is 12.9. The number of aliphatic hydroxyl groups is 8. The summed E-state index contributed by atoms with van der Waals surface area (Å²) in [4.78, 5) is 12.9. The third-order valence-electron chi connectivity index (χ3n) is 9.39. The Labute approximate surface area is 254 Å². The Bertz CT molecular complexity index is 986. The van der Waals surface area contributed by atoms with E-state index in [4.69, 9.17) is 36.5 Å². The van der Waals surface area contributed by atoms with Crippen molar-refractivity contribution in [1.82, 2.24) is 16.0 Å². The summed E-state index contributed by atoms with van der Waals surface area (Å²) < 4.78 is 17.7. The summed E-state index contributed by atoms with van der Waals surface area (Å²) in [5, 5.41) is 93.7. The van der Waals surface area contributed by atoms with Gasteiger partial charge in [0.15, 0.2) is 11.9 Å². The largest absolute Gasteiger partial charge is 0.395 e. The average Bonchev–Trinajstić information content (AvgIpc) is 3.59. The van der Waals surface area contributed by atoms with Gasteiger partial charge in [-0.05, 0) is 20.4 Å². The summed E-state index contributed by atoms with van der Waals surface area (Å²) in [7, 11) is 1.53. The second kappa shape index (κ2) is 13.9. The van der Waals surface area contributed by atoms with Crippen LogP contribution in [-0.2, 0) is 19.0 Å². The Kier molecular flexibility index (Phi) is 11.3. The van der Waals surface area contributed by atoms with Crippen molar-refractivity contribution >= 4 is 5.91 Å². The summed E-state index contributed by atoms with van der Waals surface area (Å²) in [6.07, 6.45) is -13.1. The maximum absolute atomic E-state index is 12.9. The summed E-state index contributed by atoms with van der Waals surface area (Å²) in [6, 6.07) is -4.28. The molecule has 4 rings (SSSR count). The molecule has 4 fully saturated rings. The fourth-order valence-corrected chi connectivity index (χ4v) is 6.54. The van der Waals surface area contributed by atoms with Crippen LogP contribution in [0.5, 0.6) is 0 Å². The lowest BCUT2D eigenvalue weighted by molar-refractivity contribution is -0.303. The summed E-state index contributed by atoms with van der Waals surface area (Å²) in [5.74, 6) is -1.94. The van der Waals surface area contributed by atoms with Gasteiger partial charge in [-0.15, -0.1) is 0 Å². The number of ether oxygens (including phenoxy) is 3. The number of nitrogens with two attached hydrogens (primary N) is 3. The fraction of sp³-hybridized carbons (Fsp3) is 0.962. The lowest BCUT2D eigenvalue weighted by atomic mass is 9.72. The van der Waals surface area contributed by atoms with Crippen molar-refractivity contribution in [2.24, 2.45) is 23.1 Å². The number of hydrogen-bond donors (Lipinski definition) is 14. The zero-order valence-electron chi connectivity index (χ0n) is 24.8. The van der Waals surface area contributed by atoms with Gasteiger partial charge in [-0.1, -0.05) is 0 Å². The molecule has 0 bridgehead atoms. The van der Waals surface area contributed by atoms with E-state index in [1.807, 2.05) is 0 Å². The van der Waals surface area contributed by atoms with Crippen molar-refractivity contribution in [3.8, 4) is 0 Å². The molecule has 0 aromatic rings. The lowest BCUT2D eigenvalue weighted by Crippen LogP contribution is -2.71. The van der Waals surface area contributed by atoms with E-state index in [1.54, 1.807) is 0 Å². The topological polar surface area (TPSA) is 321 Å². The number of likely N-dealkylation sites (N-methyl/N-ethyl adjacent to an activating group) is 1. The molecule has 2 heterocycles. The second-order valence-electron chi connectivity index (χ2n) is 12.9. The SMILES string of the molecule is CNC1C(O)C(OC2C(NC(=O)C3(O)CC3N)CC(N)C(C3OC(CNCC(N)CO)C(O)C(O)C3O)C2O)OCC1(C)O. The van der Waals surface area contributed by atoms with Gasteiger partial charge in [-0.25, -0.2) is 0 Å². The molecule has 18 nitrogen and oxygen atoms in total. The molecule has 2 aliphatic carbocycles. The highest BCUT2D eigenvalue weighted by atomic mass is 16.7.